The zero-order valence-corrected chi connectivity index (χ0v) is 10.5. The van der Waals surface area contributed by atoms with Crippen molar-refractivity contribution >= 4 is 11.8 Å². The van der Waals surface area contributed by atoms with E-state index in [1.54, 1.807) is 7.05 Å². The number of carbonyl (C=O) groups is 2. The molecule has 0 aromatic rings. The molecule has 0 unspecified atom stereocenters. The fourth-order valence-corrected chi connectivity index (χ4v) is 3.19. The van der Waals surface area contributed by atoms with Gasteiger partial charge in [-0.25, -0.2) is 0 Å². The normalized spacial score (nSPS) is 37.6. The fraction of sp³-hybridized carbons (Fsp3) is 0.833. The van der Waals surface area contributed by atoms with Crippen LogP contribution >= 0.6 is 0 Å². The van der Waals surface area contributed by atoms with Gasteiger partial charge in [-0.3, -0.25) is 9.59 Å². The average molecular weight is 256 g/mol. The van der Waals surface area contributed by atoms with Crippen LogP contribution in [0.3, 0.4) is 0 Å². The Labute approximate surface area is 106 Å². The van der Waals surface area contributed by atoms with E-state index in [-0.39, 0.29) is 30.7 Å². The SMILES string of the molecule is CNC(=O)CCNC(=O)[C@]12CC[C@H](C1)[C@H](O)[C@@H]2O. The van der Waals surface area contributed by atoms with Crippen molar-refractivity contribution in [1.29, 1.82) is 0 Å². The van der Waals surface area contributed by atoms with Crippen molar-refractivity contribution in [2.75, 3.05) is 13.6 Å². The minimum Gasteiger partial charge on any atom is -0.390 e. The van der Waals surface area contributed by atoms with Gasteiger partial charge in [-0.2, -0.15) is 0 Å². The Hall–Kier alpha value is -1.14. The predicted octanol–water partition coefficient (Wildman–Crippen LogP) is -1.24. The van der Waals surface area contributed by atoms with Crippen molar-refractivity contribution in [3.8, 4) is 0 Å². The first kappa shape index (κ1) is 13.3. The van der Waals surface area contributed by atoms with Crippen LogP contribution in [-0.2, 0) is 9.59 Å². The summed E-state index contributed by atoms with van der Waals surface area (Å²) in [7, 11) is 1.54. The Balaban J connectivity index is 1.91. The lowest BCUT2D eigenvalue weighted by molar-refractivity contribution is -0.140. The zero-order chi connectivity index (χ0) is 13.3. The van der Waals surface area contributed by atoms with Gasteiger partial charge >= 0.3 is 0 Å². The van der Waals surface area contributed by atoms with Crippen molar-refractivity contribution in [2.24, 2.45) is 11.3 Å². The first-order valence-corrected chi connectivity index (χ1v) is 6.36. The van der Waals surface area contributed by atoms with E-state index in [9.17, 15) is 19.8 Å². The number of aliphatic hydroxyl groups excluding tert-OH is 2. The minimum absolute atomic E-state index is 0.0321. The van der Waals surface area contributed by atoms with Gasteiger partial charge in [0.25, 0.3) is 0 Å². The third-order valence-corrected chi connectivity index (χ3v) is 4.33. The van der Waals surface area contributed by atoms with Crippen molar-refractivity contribution < 1.29 is 19.8 Å². The lowest BCUT2D eigenvalue weighted by Crippen LogP contribution is -2.49. The molecule has 4 atom stereocenters. The molecule has 2 fully saturated rings. The van der Waals surface area contributed by atoms with Gasteiger partial charge in [0, 0.05) is 20.0 Å². The topological polar surface area (TPSA) is 98.7 Å². The third-order valence-electron chi connectivity index (χ3n) is 4.33. The molecule has 0 heterocycles. The summed E-state index contributed by atoms with van der Waals surface area (Å²) in [6.07, 6.45) is 0.393. The molecule has 0 aliphatic heterocycles. The summed E-state index contributed by atoms with van der Waals surface area (Å²) < 4.78 is 0. The number of rotatable bonds is 4. The second-order valence-electron chi connectivity index (χ2n) is 5.27. The van der Waals surface area contributed by atoms with Crippen LogP contribution in [0.5, 0.6) is 0 Å². The fourth-order valence-electron chi connectivity index (χ4n) is 3.19. The molecule has 0 aromatic heterocycles. The maximum absolute atomic E-state index is 12.1. The number of fused-ring (bicyclic) bond motifs is 2. The standard InChI is InChI=1S/C12H20N2O4/c1-13-8(15)3-5-14-11(18)12-4-2-7(6-12)9(16)10(12)17/h7,9-10,16-17H,2-6H2,1H3,(H,13,15)(H,14,18)/t7-,9+,10+,12-/m1/s1. The lowest BCUT2D eigenvalue weighted by atomic mass is 9.80. The zero-order valence-electron chi connectivity index (χ0n) is 10.5. The van der Waals surface area contributed by atoms with Crippen LogP contribution in [0.1, 0.15) is 25.7 Å². The molecule has 102 valence electrons. The van der Waals surface area contributed by atoms with E-state index >= 15 is 0 Å². The Morgan fingerprint density at radius 3 is 2.67 bits per heavy atom. The number of hydrogen-bond donors (Lipinski definition) is 4. The Morgan fingerprint density at radius 2 is 2.11 bits per heavy atom. The van der Waals surface area contributed by atoms with Crippen LogP contribution in [0, 0.1) is 11.3 Å². The minimum atomic E-state index is -0.976. The van der Waals surface area contributed by atoms with Crippen molar-refractivity contribution in [1.82, 2.24) is 10.6 Å². The quantitative estimate of drug-likeness (QED) is 0.505. The van der Waals surface area contributed by atoms with E-state index in [4.69, 9.17) is 0 Å². The third kappa shape index (κ3) is 1.99. The van der Waals surface area contributed by atoms with Gasteiger partial charge in [0.1, 0.15) is 0 Å². The maximum atomic E-state index is 12.1. The van der Waals surface area contributed by atoms with Crippen LogP contribution < -0.4 is 10.6 Å². The Morgan fingerprint density at radius 1 is 1.39 bits per heavy atom. The van der Waals surface area contributed by atoms with Crippen molar-refractivity contribution in [3.05, 3.63) is 0 Å². The van der Waals surface area contributed by atoms with Gasteiger partial charge < -0.3 is 20.8 Å². The molecule has 0 radical (unpaired) electrons. The van der Waals surface area contributed by atoms with E-state index in [0.717, 1.165) is 6.42 Å². The highest BCUT2D eigenvalue weighted by Crippen LogP contribution is 2.54. The van der Waals surface area contributed by atoms with Crippen LogP contribution in [0.4, 0.5) is 0 Å². The first-order valence-electron chi connectivity index (χ1n) is 6.36. The molecule has 4 N–H and O–H groups in total. The molecular formula is C12H20N2O4. The molecule has 6 nitrogen and oxygen atoms in total. The van der Waals surface area contributed by atoms with Crippen LogP contribution in [0.25, 0.3) is 0 Å². The van der Waals surface area contributed by atoms with E-state index in [0.29, 0.717) is 12.8 Å². The summed E-state index contributed by atoms with van der Waals surface area (Å²) in [5.74, 6) is -0.341. The lowest BCUT2D eigenvalue weighted by Gasteiger charge is -2.32. The summed E-state index contributed by atoms with van der Waals surface area (Å²) in [4.78, 5) is 23.2. The monoisotopic (exact) mass is 256 g/mol. The molecule has 2 rings (SSSR count). The molecule has 2 bridgehead atoms. The van der Waals surface area contributed by atoms with E-state index < -0.39 is 17.6 Å². The molecule has 0 spiro atoms. The van der Waals surface area contributed by atoms with Gasteiger partial charge in [-0.05, 0) is 25.2 Å². The second-order valence-corrected chi connectivity index (χ2v) is 5.27. The molecule has 0 saturated heterocycles. The number of carbonyl (C=O) groups excluding carboxylic acids is 2. The summed E-state index contributed by atoms with van der Waals surface area (Å²) in [6.45, 7) is 0.258. The molecule has 2 amide bonds. The van der Waals surface area contributed by atoms with Crippen LogP contribution in [-0.4, -0.2) is 47.8 Å². The first-order chi connectivity index (χ1) is 8.51. The summed E-state index contributed by atoms with van der Waals surface area (Å²) >= 11 is 0. The van der Waals surface area contributed by atoms with Crippen molar-refractivity contribution in [3.63, 3.8) is 0 Å². The summed E-state index contributed by atoms with van der Waals surface area (Å²) in [5, 5.41) is 24.9. The molecule has 2 saturated carbocycles. The largest absolute Gasteiger partial charge is 0.390 e. The van der Waals surface area contributed by atoms with Crippen LogP contribution in [0.15, 0.2) is 0 Å². The van der Waals surface area contributed by atoms with Crippen molar-refractivity contribution in [2.45, 2.75) is 37.9 Å². The summed E-state index contributed by atoms with van der Waals surface area (Å²) in [6, 6.07) is 0. The maximum Gasteiger partial charge on any atom is 0.228 e. The van der Waals surface area contributed by atoms with E-state index in [2.05, 4.69) is 10.6 Å². The van der Waals surface area contributed by atoms with E-state index in [1.807, 2.05) is 0 Å². The molecule has 2 aliphatic carbocycles. The van der Waals surface area contributed by atoms with Gasteiger partial charge in [0.15, 0.2) is 0 Å². The smallest absolute Gasteiger partial charge is 0.228 e. The van der Waals surface area contributed by atoms with Gasteiger partial charge in [-0.15, -0.1) is 0 Å². The Bertz CT molecular complexity index is 360. The highest BCUT2D eigenvalue weighted by Gasteiger charge is 2.60. The second kappa shape index (κ2) is 4.85. The highest BCUT2D eigenvalue weighted by molar-refractivity contribution is 5.85. The van der Waals surface area contributed by atoms with Crippen LogP contribution in [0.2, 0.25) is 0 Å². The van der Waals surface area contributed by atoms with Gasteiger partial charge in [0.2, 0.25) is 11.8 Å². The van der Waals surface area contributed by atoms with E-state index in [1.165, 1.54) is 0 Å². The molecular weight excluding hydrogens is 236 g/mol. The number of aliphatic hydroxyl groups is 2. The Kier molecular flexibility index (Phi) is 3.59. The average Bonchev–Trinajstić information content (AvgIpc) is 2.90. The number of nitrogens with one attached hydrogen (secondary N) is 2. The number of hydrogen-bond acceptors (Lipinski definition) is 4. The molecule has 2 aliphatic rings. The molecule has 18 heavy (non-hydrogen) atoms. The molecule has 0 aromatic carbocycles. The van der Waals surface area contributed by atoms with Gasteiger partial charge in [-0.1, -0.05) is 0 Å². The predicted molar refractivity (Wildman–Crippen MR) is 63.5 cm³/mol. The molecule has 6 heteroatoms. The number of amides is 2. The highest BCUT2D eigenvalue weighted by atomic mass is 16.3. The van der Waals surface area contributed by atoms with Gasteiger partial charge in [0.05, 0.1) is 17.6 Å². The summed E-state index contributed by atoms with van der Waals surface area (Å²) in [5.41, 5.74) is -0.841.